The SMILES string of the molecule is C=C(C)C(=O)OC(C=O)CC. The lowest BCUT2D eigenvalue weighted by Crippen LogP contribution is -2.18. The molecule has 0 saturated heterocycles. The van der Waals surface area contributed by atoms with Gasteiger partial charge in [0, 0.05) is 5.57 Å². The predicted molar refractivity (Wildman–Crippen MR) is 41.0 cm³/mol. The number of carbonyl (C=O) groups is 2. The Morgan fingerprint density at radius 3 is 2.55 bits per heavy atom. The number of ether oxygens (including phenoxy) is 1. The smallest absolute Gasteiger partial charge is 0.333 e. The zero-order valence-corrected chi connectivity index (χ0v) is 6.79. The van der Waals surface area contributed by atoms with E-state index in [0.29, 0.717) is 18.3 Å². The highest BCUT2D eigenvalue weighted by Gasteiger charge is 2.10. The van der Waals surface area contributed by atoms with Crippen LogP contribution in [0.15, 0.2) is 12.2 Å². The Morgan fingerprint density at radius 2 is 2.27 bits per heavy atom. The van der Waals surface area contributed by atoms with Gasteiger partial charge in [0.25, 0.3) is 0 Å². The highest BCUT2D eigenvalue weighted by atomic mass is 16.5. The molecule has 0 heterocycles. The molecule has 0 spiro atoms. The van der Waals surface area contributed by atoms with E-state index in [2.05, 4.69) is 6.58 Å². The molecule has 1 unspecified atom stereocenters. The summed E-state index contributed by atoms with van der Waals surface area (Å²) in [6.07, 6.45) is 0.489. The Balaban J connectivity index is 3.91. The van der Waals surface area contributed by atoms with Crippen molar-refractivity contribution in [2.45, 2.75) is 26.4 Å². The second-order valence-corrected chi connectivity index (χ2v) is 2.27. The number of esters is 1. The van der Waals surface area contributed by atoms with E-state index in [1.54, 1.807) is 13.8 Å². The van der Waals surface area contributed by atoms with Crippen molar-refractivity contribution in [3.63, 3.8) is 0 Å². The summed E-state index contributed by atoms with van der Waals surface area (Å²) in [7, 11) is 0. The van der Waals surface area contributed by atoms with E-state index >= 15 is 0 Å². The van der Waals surface area contributed by atoms with Crippen molar-refractivity contribution in [3.8, 4) is 0 Å². The summed E-state index contributed by atoms with van der Waals surface area (Å²) in [5.41, 5.74) is 0.310. The maximum absolute atomic E-state index is 10.8. The minimum atomic E-state index is -0.626. The van der Waals surface area contributed by atoms with Gasteiger partial charge in [0.15, 0.2) is 12.4 Å². The molecule has 0 aliphatic heterocycles. The standard InChI is InChI=1S/C8H12O3/c1-4-7(5-9)11-8(10)6(2)3/h5,7H,2,4H2,1,3H3. The summed E-state index contributed by atoms with van der Waals surface area (Å²) >= 11 is 0. The fraction of sp³-hybridized carbons (Fsp3) is 0.500. The van der Waals surface area contributed by atoms with Crippen LogP contribution in [-0.2, 0) is 14.3 Å². The van der Waals surface area contributed by atoms with Gasteiger partial charge in [-0.25, -0.2) is 4.79 Å². The van der Waals surface area contributed by atoms with Gasteiger partial charge in [-0.1, -0.05) is 13.5 Å². The largest absolute Gasteiger partial charge is 0.451 e. The first-order valence-corrected chi connectivity index (χ1v) is 3.43. The minimum absolute atomic E-state index is 0.310. The topological polar surface area (TPSA) is 43.4 Å². The average Bonchev–Trinajstić information content (AvgIpc) is 1.99. The lowest BCUT2D eigenvalue weighted by Gasteiger charge is -2.08. The van der Waals surface area contributed by atoms with Crippen molar-refractivity contribution in [2.24, 2.45) is 0 Å². The van der Waals surface area contributed by atoms with Crippen molar-refractivity contribution in [3.05, 3.63) is 12.2 Å². The Bertz CT molecular complexity index is 172. The number of hydrogen-bond acceptors (Lipinski definition) is 3. The van der Waals surface area contributed by atoms with E-state index in [1.807, 2.05) is 0 Å². The van der Waals surface area contributed by atoms with E-state index < -0.39 is 12.1 Å². The summed E-state index contributed by atoms with van der Waals surface area (Å²) in [6, 6.07) is 0. The van der Waals surface area contributed by atoms with E-state index in [0.717, 1.165) is 0 Å². The molecular weight excluding hydrogens is 144 g/mol. The van der Waals surface area contributed by atoms with Crippen LogP contribution in [0.5, 0.6) is 0 Å². The highest BCUT2D eigenvalue weighted by molar-refractivity contribution is 5.88. The van der Waals surface area contributed by atoms with E-state index in [1.165, 1.54) is 0 Å². The number of aldehydes is 1. The van der Waals surface area contributed by atoms with E-state index in [-0.39, 0.29) is 0 Å². The molecule has 0 aliphatic rings. The van der Waals surface area contributed by atoms with Gasteiger partial charge >= 0.3 is 5.97 Å². The molecule has 0 aromatic rings. The summed E-state index contributed by atoms with van der Waals surface area (Å²) in [6.45, 7) is 6.70. The first kappa shape index (κ1) is 9.88. The van der Waals surface area contributed by atoms with Gasteiger partial charge in [-0.3, -0.25) is 4.79 Å². The van der Waals surface area contributed by atoms with Crippen LogP contribution in [0.4, 0.5) is 0 Å². The Morgan fingerprint density at radius 1 is 1.73 bits per heavy atom. The van der Waals surface area contributed by atoms with Crippen LogP contribution < -0.4 is 0 Å². The summed E-state index contributed by atoms with van der Waals surface area (Å²) in [4.78, 5) is 21.0. The molecule has 3 nitrogen and oxygen atoms in total. The lowest BCUT2D eigenvalue weighted by atomic mass is 10.3. The number of carbonyl (C=O) groups excluding carboxylic acids is 2. The first-order valence-electron chi connectivity index (χ1n) is 3.43. The summed E-state index contributed by atoms with van der Waals surface area (Å²) in [5.74, 6) is -0.510. The van der Waals surface area contributed by atoms with Crippen LogP contribution in [0.1, 0.15) is 20.3 Å². The molecule has 1 atom stereocenters. The molecule has 0 aliphatic carbocycles. The van der Waals surface area contributed by atoms with Gasteiger partial charge in [-0.15, -0.1) is 0 Å². The van der Waals surface area contributed by atoms with Gasteiger partial charge in [-0.2, -0.15) is 0 Å². The van der Waals surface area contributed by atoms with Crippen LogP contribution in [0.25, 0.3) is 0 Å². The van der Waals surface area contributed by atoms with Gasteiger partial charge in [0.05, 0.1) is 0 Å². The Kier molecular flexibility index (Phi) is 4.18. The summed E-state index contributed by atoms with van der Waals surface area (Å²) < 4.78 is 4.70. The fourth-order valence-corrected chi connectivity index (χ4v) is 0.445. The zero-order valence-electron chi connectivity index (χ0n) is 6.79. The van der Waals surface area contributed by atoms with Crippen LogP contribution in [0, 0.1) is 0 Å². The van der Waals surface area contributed by atoms with Gasteiger partial charge in [-0.05, 0) is 13.3 Å². The van der Waals surface area contributed by atoms with Crippen LogP contribution in [-0.4, -0.2) is 18.4 Å². The maximum Gasteiger partial charge on any atom is 0.333 e. The monoisotopic (exact) mass is 156 g/mol. The molecule has 0 aromatic carbocycles. The van der Waals surface area contributed by atoms with Crippen molar-refractivity contribution in [1.82, 2.24) is 0 Å². The van der Waals surface area contributed by atoms with Crippen LogP contribution >= 0.6 is 0 Å². The van der Waals surface area contributed by atoms with Gasteiger partial charge < -0.3 is 4.74 Å². The fourth-order valence-electron chi connectivity index (χ4n) is 0.445. The molecule has 0 rings (SSSR count). The molecule has 0 amide bonds. The number of rotatable bonds is 4. The molecule has 62 valence electrons. The van der Waals surface area contributed by atoms with Gasteiger partial charge in [0.2, 0.25) is 0 Å². The van der Waals surface area contributed by atoms with E-state index in [4.69, 9.17) is 4.74 Å². The van der Waals surface area contributed by atoms with Crippen molar-refractivity contribution in [2.75, 3.05) is 0 Å². The maximum atomic E-state index is 10.8. The first-order chi connectivity index (χ1) is 5.11. The average molecular weight is 156 g/mol. The van der Waals surface area contributed by atoms with Crippen molar-refractivity contribution in [1.29, 1.82) is 0 Å². The minimum Gasteiger partial charge on any atom is -0.451 e. The zero-order chi connectivity index (χ0) is 8.85. The van der Waals surface area contributed by atoms with Crippen LogP contribution in [0.3, 0.4) is 0 Å². The molecular formula is C8H12O3. The highest BCUT2D eigenvalue weighted by Crippen LogP contribution is 1.99. The predicted octanol–water partition coefficient (Wildman–Crippen LogP) is 1.08. The molecule has 11 heavy (non-hydrogen) atoms. The summed E-state index contributed by atoms with van der Waals surface area (Å²) in [5, 5.41) is 0. The lowest BCUT2D eigenvalue weighted by molar-refractivity contribution is -0.147. The van der Waals surface area contributed by atoms with Crippen LogP contribution in [0.2, 0.25) is 0 Å². The second kappa shape index (κ2) is 4.66. The normalized spacial score (nSPS) is 11.8. The molecule has 0 bridgehead atoms. The molecule has 0 saturated carbocycles. The Labute approximate surface area is 66.0 Å². The quantitative estimate of drug-likeness (QED) is 0.347. The molecule has 0 aromatic heterocycles. The number of hydrogen-bond donors (Lipinski definition) is 0. The van der Waals surface area contributed by atoms with Gasteiger partial charge in [0.1, 0.15) is 0 Å². The van der Waals surface area contributed by atoms with Crippen molar-refractivity contribution < 1.29 is 14.3 Å². The molecule has 0 fully saturated rings. The Hall–Kier alpha value is -1.12. The van der Waals surface area contributed by atoms with E-state index in [9.17, 15) is 9.59 Å². The molecule has 0 radical (unpaired) electrons. The molecule has 3 heteroatoms. The van der Waals surface area contributed by atoms with Crippen molar-refractivity contribution >= 4 is 12.3 Å². The third kappa shape index (κ3) is 3.55. The third-order valence-electron chi connectivity index (χ3n) is 1.16. The third-order valence-corrected chi connectivity index (χ3v) is 1.16. The second-order valence-electron chi connectivity index (χ2n) is 2.27. The molecule has 0 N–H and O–H groups in total.